The van der Waals surface area contributed by atoms with E-state index >= 15 is 0 Å². The van der Waals surface area contributed by atoms with Crippen LogP contribution in [0.25, 0.3) is 0 Å². The van der Waals surface area contributed by atoms with Gasteiger partial charge >= 0.3 is 0 Å². The maximum atomic E-state index is 13.5. The summed E-state index contributed by atoms with van der Waals surface area (Å²) in [5.41, 5.74) is -0.292. The van der Waals surface area contributed by atoms with E-state index in [1.54, 1.807) is 11.9 Å². The molecule has 9 heteroatoms. The van der Waals surface area contributed by atoms with Crippen LogP contribution in [0, 0.1) is 5.82 Å². The topological polar surface area (TPSA) is 82.9 Å². The molecule has 5 rings (SSSR count). The molecule has 0 saturated heterocycles. The van der Waals surface area contributed by atoms with E-state index in [9.17, 15) is 23.9 Å². The van der Waals surface area contributed by atoms with Gasteiger partial charge in [-0.2, -0.15) is 0 Å². The zero-order valence-corrected chi connectivity index (χ0v) is 17.7. The van der Waals surface area contributed by atoms with E-state index in [2.05, 4.69) is 0 Å². The first kappa shape index (κ1) is 20.1. The number of hydrogen-bond acceptors (Lipinski definition) is 4. The molecule has 3 heterocycles. The molecule has 1 spiro atoms. The summed E-state index contributed by atoms with van der Waals surface area (Å²) in [6.07, 6.45) is 3.38. The molecular formula is C22H21ClFN3O4. The lowest BCUT2D eigenvalue weighted by Crippen LogP contribution is -2.46. The second-order valence-electron chi connectivity index (χ2n) is 8.47. The molecule has 0 bridgehead atoms. The first-order valence-electron chi connectivity index (χ1n) is 10.3. The fourth-order valence-corrected chi connectivity index (χ4v) is 5.52. The lowest BCUT2D eigenvalue weighted by atomic mass is 9.95. The van der Waals surface area contributed by atoms with Crippen molar-refractivity contribution < 1.29 is 19.1 Å². The van der Waals surface area contributed by atoms with Crippen LogP contribution in [0.1, 0.15) is 57.7 Å². The van der Waals surface area contributed by atoms with E-state index in [1.165, 1.54) is 27.7 Å². The van der Waals surface area contributed by atoms with Crippen molar-refractivity contribution in [2.75, 3.05) is 13.6 Å². The molecule has 162 valence electrons. The van der Waals surface area contributed by atoms with Crippen LogP contribution < -0.4 is 5.56 Å². The minimum absolute atomic E-state index is 0.0447. The first-order chi connectivity index (χ1) is 14.8. The van der Waals surface area contributed by atoms with Crippen LogP contribution in [0.3, 0.4) is 0 Å². The van der Waals surface area contributed by atoms with Crippen molar-refractivity contribution >= 4 is 23.4 Å². The lowest BCUT2D eigenvalue weighted by Gasteiger charge is -2.34. The fraction of sp³-hybridized carbons (Fsp3) is 0.409. The molecule has 1 saturated carbocycles. The van der Waals surface area contributed by atoms with E-state index in [-0.39, 0.29) is 28.7 Å². The summed E-state index contributed by atoms with van der Waals surface area (Å²) in [6, 6.07) is 4.20. The summed E-state index contributed by atoms with van der Waals surface area (Å²) < 4.78 is 14.9. The number of carbonyl (C=O) groups is 2. The SMILES string of the molecule is CN1C(=O)c2c3c(c(O)c(=O)n2C12CCCC2)C(=O)N(Cc1ccc(F)c(Cl)c1)CC3. The van der Waals surface area contributed by atoms with Gasteiger partial charge in [-0.15, -0.1) is 0 Å². The molecule has 1 N–H and O–H groups in total. The number of halogens is 2. The molecule has 1 aromatic heterocycles. The van der Waals surface area contributed by atoms with Gasteiger partial charge in [-0.1, -0.05) is 17.7 Å². The standard InChI is InChI=1S/C22H21ClFN3O4/c1-25-20(30)17-13-6-9-26(11-12-4-5-15(24)14(23)10-12)19(29)16(13)18(28)21(31)27(17)22(25)7-2-3-8-22/h4-5,10,28H,2-3,6-9,11H2,1H3. The van der Waals surface area contributed by atoms with Crippen molar-refractivity contribution in [3.05, 3.63) is 61.8 Å². The maximum absolute atomic E-state index is 13.5. The molecule has 0 atom stereocenters. The van der Waals surface area contributed by atoms with Crippen LogP contribution >= 0.6 is 11.6 Å². The number of hydrogen-bond donors (Lipinski definition) is 1. The van der Waals surface area contributed by atoms with Crippen LogP contribution in [0.4, 0.5) is 4.39 Å². The summed E-state index contributed by atoms with van der Waals surface area (Å²) in [7, 11) is 1.68. The largest absolute Gasteiger partial charge is 0.502 e. The Labute approximate surface area is 182 Å². The minimum atomic E-state index is -0.763. The van der Waals surface area contributed by atoms with Crippen molar-refractivity contribution in [1.29, 1.82) is 0 Å². The van der Waals surface area contributed by atoms with Crippen molar-refractivity contribution in [2.24, 2.45) is 0 Å². The maximum Gasteiger partial charge on any atom is 0.296 e. The molecule has 1 aromatic carbocycles. The van der Waals surface area contributed by atoms with Gasteiger partial charge in [0.2, 0.25) is 0 Å². The summed E-state index contributed by atoms with van der Waals surface area (Å²) in [6.45, 7) is 0.448. The Bertz CT molecular complexity index is 1200. The summed E-state index contributed by atoms with van der Waals surface area (Å²) in [4.78, 5) is 42.6. The number of amides is 2. The Hall–Kier alpha value is -2.87. The Morgan fingerprint density at radius 1 is 1.16 bits per heavy atom. The Balaban J connectivity index is 1.60. The van der Waals surface area contributed by atoms with E-state index in [0.717, 1.165) is 12.8 Å². The molecule has 1 fully saturated rings. The van der Waals surface area contributed by atoms with Gasteiger partial charge in [0.05, 0.1) is 10.6 Å². The third-order valence-corrected chi connectivity index (χ3v) is 7.19. The van der Waals surface area contributed by atoms with Gasteiger partial charge in [-0.3, -0.25) is 19.0 Å². The Morgan fingerprint density at radius 3 is 2.55 bits per heavy atom. The highest BCUT2D eigenvalue weighted by Gasteiger charge is 2.52. The molecule has 2 amide bonds. The molecule has 2 aromatic rings. The molecule has 7 nitrogen and oxygen atoms in total. The van der Waals surface area contributed by atoms with Gasteiger partial charge in [-0.25, -0.2) is 4.39 Å². The van der Waals surface area contributed by atoms with E-state index < -0.39 is 28.7 Å². The van der Waals surface area contributed by atoms with Gasteiger partial charge in [0.15, 0.2) is 5.75 Å². The predicted molar refractivity (Wildman–Crippen MR) is 111 cm³/mol. The fourth-order valence-electron chi connectivity index (χ4n) is 5.32. The Kier molecular flexibility index (Phi) is 4.41. The minimum Gasteiger partial charge on any atom is -0.502 e. The van der Waals surface area contributed by atoms with Gasteiger partial charge in [0.1, 0.15) is 17.2 Å². The van der Waals surface area contributed by atoms with Crippen LogP contribution in [0.5, 0.6) is 5.75 Å². The van der Waals surface area contributed by atoms with Gasteiger partial charge in [0, 0.05) is 25.7 Å². The van der Waals surface area contributed by atoms with Crippen LogP contribution in [-0.2, 0) is 18.6 Å². The first-order valence-corrected chi connectivity index (χ1v) is 10.7. The quantitative estimate of drug-likeness (QED) is 0.770. The zero-order valence-electron chi connectivity index (χ0n) is 17.0. The second-order valence-corrected chi connectivity index (χ2v) is 8.88. The predicted octanol–water partition coefficient (Wildman–Crippen LogP) is 2.86. The number of aromatic nitrogens is 1. The molecule has 0 unspecified atom stereocenters. The number of aromatic hydroxyl groups is 1. The van der Waals surface area contributed by atoms with Gasteiger partial charge in [0.25, 0.3) is 17.4 Å². The summed E-state index contributed by atoms with van der Waals surface area (Å²) >= 11 is 5.84. The average Bonchev–Trinajstić information content (AvgIpc) is 3.31. The van der Waals surface area contributed by atoms with E-state index in [1.807, 2.05) is 0 Å². The number of rotatable bonds is 2. The molecular weight excluding hydrogens is 425 g/mol. The third-order valence-electron chi connectivity index (χ3n) is 6.90. The van der Waals surface area contributed by atoms with E-state index in [4.69, 9.17) is 11.6 Å². The van der Waals surface area contributed by atoms with Crippen LogP contribution in [-0.4, -0.2) is 44.9 Å². The average molecular weight is 446 g/mol. The normalized spacial score (nSPS) is 19.3. The number of carbonyl (C=O) groups excluding carboxylic acids is 2. The molecule has 2 aliphatic heterocycles. The summed E-state index contributed by atoms with van der Waals surface area (Å²) in [5, 5.41) is 10.7. The molecule has 31 heavy (non-hydrogen) atoms. The molecule has 3 aliphatic rings. The number of pyridine rings is 1. The number of fused-ring (bicyclic) bond motifs is 4. The summed E-state index contributed by atoms with van der Waals surface area (Å²) in [5.74, 6) is -1.98. The van der Waals surface area contributed by atoms with Gasteiger partial charge < -0.3 is 14.9 Å². The zero-order chi connectivity index (χ0) is 22.1. The van der Waals surface area contributed by atoms with Crippen LogP contribution in [0.2, 0.25) is 5.02 Å². The van der Waals surface area contributed by atoms with Crippen molar-refractivity contribution in [3.63, 3.8) is 0 Å². The van der Waals surface area contributed by atoms with Crippen molar-refractivity contribution in [2.45, 2.75) is 44.3 Å². The third kappa shape index (κ3) is 2.67. The highest BCUT2D eigenvalue weighted by atomic mass is 35.5. The second kappa shape index (κ2) is 6.82. The highest BCUT2D eigenvalue weighted by molar-refractivity contribution is 6.30. The molecule has 1 aliphatic carbocycles. The molecule has 0 radical (unpaired) electrons. The lowest BCUT2D eigenvalue weighted by molar-refractivity contribution is 0.0502. The number of benzene rings is 1. The number of nitrogens with zero attached hydrogens (tertiary/aromatic N) is 3. The van der Waals surface area contributed by atoms with Crippen LogP contribution in [0.15, 0.2) is 23.0 Å². The highest BCUT2D eigenvalue weighted by Crippen LogP contribution is 2.45. The van der Waals surface area contributed by atoms with Gasteiger partial charge in [-0.05, 0) is 49.8 Å². The Morgan fingerprint density at radius 2 is 1.87 bits per heavy atom. The monoisotopic (exact) mass is 445 g/mol. The van der Waals surface area contributed by atoms with Crippen molar-refractivity contribution in [3.8, 4) is 5.75 Å². The smallest absolute Gasteiger partial charge is 0.296 e. The van der Waals surface area contributed by atoms with E-state index in [0.29, 0.717) is 36.9 Å². The van der Waals surface area contributed by atoms with Crippen molar-refractivity contribution in [1.82, 2.24) is 14.4 Å².